The highest BCUT2D eigenvalue weighted by atomic mass is 19.3. The number of rotatable bonds is 8. The maximum absolute atomic E-state index is 14.7. The number of nitrogens with one attached hydrogen (secondary N) is 1. The van der Waals surface area contributed by atoms with Gasteiger partial charge in [-0.2, -0.15) is 8.78 Å². The van der Waals surface area contributed by atoms with E-state index in [9.17, 15) is 18.0 Å². The van der Waals surface area contributed by atoms with Gasteiger partial charge in [0.15, 0.2) is 0 Å². The van der Waals surface area contributed by atoms with Crippen LogP contribution in [-0.2, 0) is 11.3 Å². The van der Waals surface area contributed by atoms with E-state index in [1.54, 1.807) is 24.4 Å². The molecular weight excluding hydrogens is 475 g/mol. The number of nitrogens with zero attached hydrogens (tertiary/aromatic N) is 6. The average molecular weight is 499 g/mol. The highest BCUT2D eigenvalue weighted by Crippen LogP contribution is 2.26. The lowest BCUT2D eigenvalue weighted by Crippen LogP contribution is -2.48. The van der Waals surface area contributed by atoms with E-state index in [0.29, 0.717) is 16.9 Å². The molecule has 0 unspecified atom stereocenters. The first-order valence-electron chi connectivity index (χ1n) is 10.9. The zero-order chi connectivity index (χ0) is 26.0. The molecule has 0 spiro atoms. The Morgan fingerprint density at radius 2 is 1.89 bits per heavy atom. The third-order valence-corrected chi connectivity index (χ3v) is 5.89. The van der Waals surface area contributed by atoms with Crippen molar-refractivity contribution in [3.8, 4) is 22.7 Å². The van der Waals surface area contributed by atoms with Crippen LogP contribution in [0, 0.1) is 5.82 Å². The van der Waals surface area contributed by atoms with E-state index in [2.05, 4.69) is 25.8 Å². The van der Waals surface area contributed by atoms with E-state index in [1.807, 2.05) is 38.9 Å². The zero-order valence-corrected chi connectivity index (χ0v) is 20.0. The Kier molecular flexibility index (Phi) is 6.88. The second kappa shape index (κ2) is 9.90. The lowest BCUT2D eigenvalue weighted by Gasteiger charge is -2.30. The molecule has 4 aromatic rings. The van der Waals surface area contributed by atoms with Crippen molar-refractivity contribution >= 4 is 11.6 Å². The summed E-state index contributed by atoms with van der Waals surface area (Å²) in [5, 5.41) is 17.9. The Hall–Kier alpha value is -4.06. The Morgan fingerprint density at radius 1 is 1.11 bits per heavy atom. The molecule has 2 aromatic heterocycles. The van der Waals surface area contributed by atoms with Gasteiger partial charge in [-0.3, -0.25) is 9.69 Å². The molecule has 12 heteroatoms. The maximum atomic E-state index is 14.7. The number of hydrogen-bond acceptors (Lipinski definition) is 7. The van der Waals surface area contributed by atoms with Gasteiger partial charge in [0.1, 0.15) is 11.5 Å². The molecule has 2 aromatic carbocycles. The van der Waals surface area contributed by atoms with E-state index < -0.39 is 23.7 Å². The van der Waals surface area contributed by atoms with Gasteiger partial charge < -0.3 is 9.73 Å². The van der Waals surface area contributed by atoms with Crippen molar-refractivity contribution in [2.24, 2.45) is 0 Å². The van der Waals surface area contributed by atoms with Crippen LogP contribution in [0.5, 0.6) is 0 Å². The van der Waals surface area contributed by atoms with Crippen molar-refractivity contribution < 1.29 is 22.4 Å². The number of hydrogen-bond donors (Lipinski definition) is 1. The standard InChI is InChI=1S/C24H24F3N7O2/c1-24(2,33(3)4)23(35)28-17-7-5-6-14(10-17)19-13-34(32-29-19)12-16-9-8-15(11-18(16)25)21-30-31-22(36-21)20(26)27/h5-11,13,20H,12H2,1-4H3,(H,28,35). The minimum Gasteiger partial charge on any atom is -0.415 e. The first-order chi connectivity index (χ1) is 17.0. The van der Waals surface area contributed by atoms with Gasteiger partial charge in [0.2, 0.25) is 11.8 Å². The molecule has 0 bridgehead atoms. The van der Waals surface area contributed by atoms with Crippen molar-refractivity contribution in [2.75, 3.05) is 19.4 Å². The third-order valence-electron chi connectivity index (χ3n) is 5.89. The average Bonchev–Trinajstić information content (AvgIpc) is 3.51. The van der Waals surface area contributed by atoms with E-state index in [-0.39, 0.29) is 23.9 Å². The summed E-state index contributed by atoms with van der Waals surface area (Å²) in [6, 6.07) is 11.3. The van der Waals surface area contributed by atoms with Crippen LogP contribution in [0.4, 0.5) is 18.9 Å². The van der Waals surface area contributed by atoms with Crippen molar-refractivity contribution in [1.29, 1.82) is 0 Å². The second-order valence-corrected chi connectivity index (χ2v) is 8.84. The molecule has 9 nitrogen and oxygen atoms in total. The monoisotopic (exact) mass is 499 g/mol. The van der Waals surface area contributed by atoms with E-state index in [0.717, 1.165) is 11.6 Å². The molecule has 0 saturated heterocycles. The van der Waals surface area contributed by atoms with Crippen LogP contribution in [0.2, 0.25) is 0 Å². The van der Waals surface area contributed by atoms with Crippen molar-refractivity contribution in [3.05, 3.63) is 65.9 Å². The summed E-state index contributed by atoms with van der Waals surface area (Å²) in [5.41, 5.74) is 1.67. The van der Waals surface area contributed by atoms with Gasteiger partial charge >= 0.3 is 6.43 Å². The van der Waals surface area contributed by atoms with Crippen LogP contribution in [0.3, 0.4) is 0 Å². The SMILES string of the molecule is CN(C)C(C)(C)C(=O)Nc1cccc(-c2cn(Cc3ccc(-c4nnc(C(F)F)o4)cc3F)nn2)c1. The summed E-state index contributed by atoms with van der Waals surface area (Å²) < 4.78 is 46.3. The number of aromatic nitrogens is 5. The van der Waals surface area contributed by atoms with Gasteiger partial charge in [0.05, 0.1) is 18.3 Å². The van der Waals surface area contributed by atoms with E-state index in [4.69, 9.17) is 4.42 Å². The summed E-state index contributed by atoms with van der Waals surface area (Å²) in [6.45, 7) is 3.73. The molecule has 0 fully saturated rings. The van der Waals surface area contributed by atoms with Gasteiger partial charge in [-0.05, 0) is 52.2 Å². The van der Waals surface area contributed by atoms with Crippen molar-refractivity contribution in [2.45, 2.75) is 32.4 Å². The van der Waals surface area contributed by atoms with Crippen LogP contribution >= 0.6 is 0 Å². The van der Waals surface area contributed by atoms with Gasteiger partial charge in [0, 0.05) is 22.4 Å². The second-order valence-electron chi connectivity index (χ2n) is 8.84. The molecule has 0 radical (unpaired) electrons. The van der Waals surface area contributed by atoms with Crippen LogP contribution in [0.1, 0.15) is 31.7 Å². The molecule has 0 aliphatic heterocycles. The number of carbonyl (C=O) groups is 1. The summed E-state index contributed by atoms with van der Waals surface area (Å²) in [5.74, 6) is -1.76. The van der Waals surface area contributed by atoms with Gasteiger partial charge in [-0.25, -0.2) is 9.07 Å². The molecule has 0 saturated carbocycles. The van der Waals surface area contributed by atoms with Crippen LogP contribution in [0.15, 0.2) is 53.1 Å². The lowest BCUT2D eigenvalue weighted by atomic mass is 10.0. The molecule has 4 rings (SSSR count). The summed E-state index contributed by atoms with van der Waals surface area (Å²) in [4.78, 5) is 14.5. The Labute approximate surface area is 204 Å². The highest BCUT2D eigenvalue weighted by Gasteiger charge is 2.30. The summed E-state index contributed by atoms with van der Waals surface area (Å²) in [6.07, 6.45) is -1.25. The smallest absolute Gasteiger partial charge is 0.314 e. The molecule has 188 valence electrons. The number of benzene rings is 2. The van der Waals surface area contributed by atoms with Crippen molar-refractivity contribution in [3.63, 3.8) is 0 Å². The fourth-order valence-electron chi connectivity index (χ4n) is 3.17. The molecule has 1 N–H and O–H groups in total. The lowest BCUT2D eigenvalue weighted by molar-refractivity contribution is -0.124. The fourth-order valence-corrected chi connectivity index (χ4v) is 3.17. The number of anilines is 1. The van der Waals surface area contributed by atoms with Crippen LogP contribution in [-0.4, -0.2) is 55.6 Å². The number of likely N-dealkylation sites (N-methyl/N-ethyl adjacent to an activating group) is 1. The number of alkyl halides is 2. The third kappa shape index (κ3) is 5.28. The molecule has 0 atom stereocenters. The van der Waals surface area contributed by atoms with E-state index >= 15 is 0 Å². The first kappa shape index (κ1) is 25.0. The van der Waals surface area contributed by atoms with Gasteiger partial charge in [-0.1, -0.05) is 23.4 Å². The largest absolute Gasteiger partial charge is 0.415 e. The Morgan fingerprint density at radius 3 is 2.56 bits per heavy atom. The highest BCUT2D eigenvalue weighted by molar-refractivity contribution is 5.97. The molecule has 2 heterocycles. The number of halogens is 3. The maximum Gasteiger partial charge on any atom is 0.314 e. The zero-order valence-electron chi connectivity index (χ0n) is 20.0. The Balaban J connectivity index is 1.48. The topological polar surface area (TPSA) is 102 Å². The predicted molar refractivity (Wildman–Crippen MR) is 126 cm³/mol. The summed E-state index contributed by atoms with van der Waals surface area (Å²) in [7, 11) is 3.66. The Bertz CT molecular complexity index is 1380. The first-order valence-corrected chi connectivity index (χ1v) is 10.9. The predicted octanol–water partition coefficient (Wildman–Crippen LogP) is 4.40. The molecular formula is C24H24F3N7O2. The summed E-state index contributed by atoms with van der Waals surface area (Å²) >= 11 is 0. The molecule has 1 amide bonds. The minimum atomic E-state index is -2.90. The quantitative estimate of drug-likeness (QED) is 0.383. The van der Waals surface area contributed by atoms with E-state index in [1.165, 1.54) is 16.8 Å². The van der Waals surface area contributed by atoms with Crippen LogP contribution in [0.25, 0.3) is 22.7 Å². The molecule has 0 aliphatic carbocycles. The number of amides is 1. The normalized spacial score (nSPS) is 11.9. The minimum absolute atomic E-state index is 0.0820. The molecule has 0 aliphatic rings. The number of carbonyl (C=O) groups excluding carboxylic acids is 1. The fraction of sp³-hybridized carbons (Fsp3) is 0.292. The molecule has 36 heavy (non-hydrogen) atoms. The van der Waals surface area contributed by atoms with Gasteiger partial charge in [0.25, 0.3) is 5.89 Å². The van der Waals surface area contributed by atoms with Crippen LogP contribution < -0.4 is 5.32 Å². The van der Waals surface area contributed by atoms with Gasteiger partial charge in [-0.15, -0.1) is 15.3 Å². The van der Waals surface area contributed by atoms with Crippen molar-refractivity contribution in [1.82, 2.24) is 30.1 Å².